The number of amides is 3. The molecule has 120 valence electrons. The molecule has 3 amide bonds. The van der Waals surface area contributed by atoms with E-state index >= 15 is 0 Å². The van der Waals surface area contributed by atoms with Gasteiger partial charge in [-0.25, -0.2) is 9.18 Å². The van der Waals surface area contributed by atoms with E-state index in [1.807, 2.05) is 15.9 Å². The quantitative estimate of drug-likeness (QED) is 0.866. The topological polar surface area (TPSA) is 64.7 Å². The average molecular weight is 308 g/mol. The van der Waals surface area contributed by atoms with Crippen LogP contribution in [-0.2, 0) is 4.79 Å². The largest absolute Gasteiger partial charge is 0.367 e. The molecule has 0 aromatic heterocycles. The summed E-state index contributed by atoms with van der Waals surface area (Å²) in [5.41, 5.74) is 0.588. The van der Waals surface area contributed by atoms with Crippen LogP contribution in [0.15, 0.2) is 24.3 Å². The van der Waals surface area contributed by atoms with Gasteiger partial charge in [-0.2, -0.15) is 0 Å². The Hall–Kier alpha value is -2.15. The number of nitrogens with one attached hydrogen (secondary N) is 2. The van der Waals surface area contributed by atoms with Crippen LogP contribution in [0.4, 0.5) is 14.9 Å². The molecule has 1 unspecified atom stereocenters. The number of hydrogen-bond acceptors (Lipinski definition) is 4. The smallest absolute Gasteiger partial charge is 0.321 e. The minimum Gasteiger partial charge on any atom is -0.367 e. The molecule has 7 heteroatoms. The van der Waals surface area contributed by atoms with Crippen molar-refractivity contribution in [1.82, 2.24) is 15.5 Å². The summed E-state index contributed by atoms with van der Waals surface area (Å²) in [6.45, 7) is 4.31. The van der Waals surface area contributed by atoms with Crippen molar-refractivity contribution in [1.29, 1.82) is 0 Å². The second-order valence-electron chi connectivity index (χ2n) is 5.22. The van der Waals surface area contributed by atoms with Gasteiger partial charge >= 0.3 is 6.03 Å². The normalized spacial score (nSPS) is 17.0. The molecule has 2 N–H and O–H groups in total. The van der Waals surface area contributed by atoms with E-state index in [-0.39, 0.29) is 11.7 Å². The Kier molecular flexibility index (Phi) is 5.32. The third-order valence-electron chi connectivity index (χ3n) is 3.90. The lowest BCUT2D eigenvalue weighted by Gasteiger charge is -2.38. The number of nitrogens with zero attached hydrogens (tertiary/aromatic N) is 2. The lowest BCUT2D eigenvalue weighted by molar-refractivity contribution is -0.124. The highest BCUT2D eigenvalue weighted by molar-refractivity contribution is 5.96. The third kappa shape index (κ3) is 3.73. The molecular formula is C15H21FN4O2. The number of imide groups is 1. The van der Waals surface area contributed by atoms with Crippen LogP contribution in [0.1, 0.15) is 6.92 Å². The molecule has 0 bridgehead atoms. The Bertz CT molecular complexity index is 544. The zero-order valence-electron chi connectivity index (χ0n) is 12.8. The van der Waals surface area contributed by atoms with Crippen molar-refractivity contribution in [3.63, 3.8) is 0 Å². The van der Waals surface area contributed by atoms with Gasteiger partial charge in [-0.1, -0.05) is 12.1 Å². The van der Waals surface area contributed by atoms with Crippen LogP contribution in [0.2, 0.25) is 0 Å². The molecule has 1 aromatic rings. The number of carbonyl (C=O) groups excluding carboxylic acids is 2. The molecule has 1 aliphatic rings. The van der Waals surface area contributed by atoms with Gasteiger partial charge in [-0.3, -0.25) is 15.0 Å². The molecule has 6 nitrogen and oxygen atoms in total. The van der Waals surface area contributed by atoms with Crippen molar-refractivity contribution >= 4 is 17.6 Å². The molecule has 0 spiro atoms. The van der Waals surface area contributed by atoms with E-state index in [2.05, 4.69) is 10.6 Å². The maximum absolute atomic E-state index is 13.8. The molecule has 2 rings (SSSR count). The van der Waals surface area contributed by atoms with Crippen molar-refractivity contribution in [2.75, 3.05) is 38.1 Å². The molecule has 0 saturated carbocycles. The van der Waals surface area contributed by atoms with Crippen LogP contribution in [0.25, 0.3) is 0 Å². The van der Waals surface area contributed by atoms with Gasteiger partial charge in [0.2, 0.25) is 5.91 Å². The lowest BCUT2D eigenvalue weighted by Crippen LogP contribution is -2.55. The van der Waals surface area contributed by atoms with Gasteiger partial charge in [0.15, 0.2) is 0 Å². The Morgan fingerprint density at radius 1 is 1.18 bits per heavy atom. The maximum Gasteiger partial charge on any atom is 0.321 e. The zero-order valence-corrected chi connectivity index (χ0v) is 12.8. The van der Waals surface area contributed by atoms with E-state index < -0.39 is 12.1 Å². The van der Waals surface area contributed by atoms with E-state index in [9.17, 15) is 14.0 Å². The van der Waals surface area contributed by atoms with E-state index in [1.54, 1.807) is 19.1 Å². The Morgan fingerprint density at radius 3 is 2.41 bits per heavy atom. The predicted octanol–water partition coefficient (Wildman–Crippen LogP) is 0.792. The van der Waals surface area contributed by atoms with Gasteiger partial charge in [0.05, 0.1) is 11.7 Å². The molecule has 0 aliphatic carbocycles. The molecular weight excluding hydrogens is 287 g/mol. The Labute approximate surface area is 129 Å². The number of rotatable bonds is 3. The second kappa shape index (κ2) is 7.22. The predicted molar refractivity (Wildman–Crippen MR) is 82.2 cm³/mol. The van der Waals surface area contributed by atoms with Gasteiger partial charge in [0.25, 0.3) is 0 Å². The van der Waals surface area contributed by atoms with Gasteiger partial charge in [0, 0.05) is 33.2 Å². The fourth-order valence-corrected chi connectivity index (χ4v) is 2.50. The van der Waals surface area contributed by atoms with Gasteiger partial charge in [0.1, 0.15) is 5.82 Å². The molecule has 1 heterocycles. The van der Waals surface area contributed by atoms with Gasteiger partial charge in [-0.15, -0.1) is 0 Å². The third-order valence-corrected chi connectivity index (χ3v) is 3.90. The van der Waals surface area contributed by atoms with E-state index in [0.29, 0.717) is 31.9 Å². The summed E-state index contributed by atoms with van der Waals surface area (Å²) in [5.74, 6) is -0.569. The number of benzene rings is 1. The number of anilines is 1. The van der Waals surface area contributed by atoms with E-state index in [1.165, 1.54) is 13.1 Å². The maximum atomic E-state index is 13.8. The summed E-state index contributed by atoms with van der Waals surface area (Å²) in [7, 11) is 1.46. The van der Waals surface area contributed by atoms with Crippen LogP contribution < -0.4 is 15.5 Å². The summed E-state index contributed by atoms with van der Waals surface area (Å²) >= 11 is 0. The zero-order chi connectivity index (χ0) is 16.1. The molecule has 22 heavy (non-hydrogen) atoms. The first kappa shape index (κ1) is 16.2. The number of para-hydroxylation sites is 1. The first-order valence-electron chi connectivity index (χ1n) is 7.29. The highest BCUT2D eigenvalue weighted by Gasteiger charge is 2.27. The van der Waals surface area contributed by atoms with Crippen LogP contribution >= 0.6 is 0 Å². The minimum absolute atomic E-state index is 0.235. The molecule has 0 radical (unpaired) electrons. The highest BCUT2D eigenvalue weighted by atomic mass is 19.1. The minimum atomic E-state index is -0.512. The van der Waals surface area contributed by atoms with Crippen molar-refractivity contribution in [3.05, 3.63) is 30.1 Å². The summed E-state index contributed by atoms with van der Waals surface area (Å²) in [6.07, 6.45) is 0. The van der Waals surface area contributed by atoms with Gasteiger partial charge in [-0.05, 0) is 19.1 Å². The number of urea groups is 1. The highest BCUT2D eigenvalue weighted by Crippen LogP contribution is 2.20. The first-order valence-corrected chi connectivity index (χ1v) is 7.29. The molecule has 1 aliphatic heterocycles. The summed E-state index contributed by atoms with van der Waals surface area (Å²) in [6, 6.07) is 5.76. The number of hydrogen-bond donors (Lipinski definition) is 2. The summed E-state index contributed by atoms with van der Waals surface area (Å²) < 4.78 is 13.8. The van der Waals surface area contributed by atoms with Crippen molar-refractivity contribution < 1.29 is 14.0 Å². The fraction of sp³-hybridized carbons (Fsp3) is 0.467. The number of halogens is 1. The van der Waals surface area contributed by atoms with Crippen LogP contribution in [0, 0.1) is 5.82 Å². The van der Waals surface area contributed by atoms with Crippen molar-refractivity contribution in [3.8, 4) is 0 Å². The van der Waals surface area contributed by atoms with Crippen molar-refractivity contribution in [2.24, 2.45) is 0 Å². The van der Waals surface area contributed by atoms with Crippen LogP contribution in [-0.4, -0.2) is 56.1 Å². The Morgan fingerprint density at radius 2 is 1.82 bits per heavy atom. The summed E-state index contributed by atoms with van der Waals surface area (Å²) in [4.78, 5) is 27.1. The molecule has 1 fully saturated rings. The molecule has 1 aromatic carbocycles. The average Bonchev–Trinajstić information content (AvgIpc) is 2.54. The lowest BCUT2D eigenvalue weighted by atomic mass is 10.2. The Balaban J connectivity index is 1.90. The first-order chi connectivity index (χ1) is 10.5. The molecule has 1 saturated heterocycles. The van der Waals surface area contributed by atoms with Crippen LogP contribution in [0.5, 0.6) is 0 Å². The SMILES string of the molecule is CNC(=O)NC(=O)C(C)N1CCN(c2ccccc2F)CC1. The second-order valence-corrected chi connectivity index (χ2v) is 5.22. The molecule has 1 atom stereocenters. The number of carbonyl (C=O) groups is 2. The van der Waals surface area contributed by atoms with Crippen LogP contribution in [0.3, 0.4) is 0 Å². The van der Waals surface area contributed by atoms with E-state index in [0.717, 1.165) is 0 Å². The van der Waals surface area contributed by atoms with Crippen molar-refractivity contribution in [2.45, 2.75) is 13.0 Å². The summed E-state index contributed by atoms with van der Waals surface area (Å²) in [5, 5.41) is 4.62. The van der Waals surface area contributed by atoms with E-state index in [4.69, 9.17) is 0 Å². The van der Waals surface area contributed by atoms with Gasteiger partial charge < -0.3 is 10.2 Å². The fourth-order valence-electron chi connectivity index (χ4n) is 2.50. The monoisotopic (exact) mass is 308 g/mol. The number of piperazine rings is 1. The standard InChI is InChI=1S/C15H21FN4O2/c1-11(14(21)18-15(22)17-2)19-7-9-20(10-8-19)13-6-4-3-5-12(13)16/h3-6,11H,7-10H2,1-2H3,(H2,17,18,21,22).